The van der Waals surface area contributed by atoms with Gasteiger partial charge < -0.3 is 9.15 Å². The highest BCUT2D eigenvalue weighted by Crippen LogP contribution is 2.28. The molecule has 0 aliphatic carbocycles. The molecule has 1 aliphatic rings. The fourth-order valence-electron chi connectivity index (χ4n) is 3.35. The van der Waals surface area contributed by atoms with Gasteiger partial charge in [0.15, 0.2) is 4.91 Å². The Morgan fingerprint density at radius 3 is 2.15 bits per heavy atom. The molecule has 1 aromatic heterocycles. The van der Waals surface area contributed by atoms with Gasteiger partial charge in [-0.25, -0.2) is 21.2 Å². The predicted molar refractivity (Wildman–Crippen MR) is 121 cm³/mol. The van der Waals surface area contributed by atoms with Crippen LogP contribution in [0.5, 0.6) is 0 Å². The van der Waals surface area contributed by atoms with Crippen molar-refractivity contribution in [3.8, 4) is 17.4 Å². The molecule has 176 valence electrons. The lowest BCUT2D eigenvalue weighted by molar-refractivity contribution is 0.0730. The third-order valence-electron chi connectivity index (χ3n) is 5.17. The number of morpholine rings is 1. The van der Waals surface area contributed by atoms with Crippen LogP contribution in [0.2, 0.25) is 0 Å². The quantitative estimate of drug-likeness (QED) is 0.374. The first-order valence-corrected chi connectivity index (χ1v) is 13.0. The molecule has 4 rings (SSSR count). The summed E-state index contributed by atoms with van der Waals surface area (Å²) in [5.41, 5.74) is 0.570. The van der Waals surface area contributed by atoms with E-state index in [-0.39, 0.29) is 15.6 Å². The summed E-state index contributed by atoms with van der Waals surface area (Å²) in [4.78, 5) is -0.639. The number of nitriles is 1. The second kappa shape index (κ2) is 9.52. The van der Waals surface area contributed by atoms with Gasteiger partial charge in [-0.1, -0.05) is 0 Å². The zero-order chi connectivity index (χ0) is 24.3. The molecule has 0 unspecified atom stereocenters. The number of hydrogen-bond donors (Lipinski definition) is 0. The number of halogens is 1. The van der Waals surface area contributed by atoms with Crippen molar-refractivity contribution in [3.63, 3.8) is 0 Å². The van der Waals surface area contributed by atoms with Crippen molar-refractivity contribution in [3.05, 3.63) is 77.1 Å². The monoisotopic (exact) mass is 502 g/mol. The van der Waals surface area contributed by atoms with E-state index in [1.54, 1.807) is 24.3 Å². The normalized spacial score (nSPS) is 15.7. The molecule has 0 bridgehead atoms. The summed E-state index contributed by atoms with van der Waals surface area (Å²) in [5.74, 6) is -0.124. The van der Waals surface area contributed by atoms with Crippen molar-refractivity contribution in [1.29, 1.82) is 5.26 Å². The summed E-state index contributed by atoms with van der Waals surface area (Å²) >= 11 is 0. The van der Waals surface area contributed by atoms with Gasteiger partial charge in [-0.05, 0) is 60.7 Å². The summed E-state index contributed by atoms with van der Waals surface area (Å²) in [6.07, 6.45) is 1.08. The number of benzene rings is 2. The highest BCUT2D eigenvalue weighted by atomic mass is 32.2. The summed E-state index contributed by atoms with van der Waals surface area (Å²) in [6.45, 7) is 1.28. The molecule has 0 atom stereocenters. The lowest BCUT2D eigenvalue weighted by Gasteiger charge is -2.26. The van der Waals surface area contributed by atoms with Crippen molar-refractivity contribution in [2.24, 2.45) is 0 Å². The average molecular weight is 503 g/mol. The lowest BCUT2D eigenvalue weighted by Crippen LogP contribution is -2.40. The van der Waals surface area contributed by atoms with Crippen LogP contribution in [0.25, 0.3) is 17.4 Å². The first-order valence-electron chi connectivity index (χ1n) is 10.1. The summed E-state index contributed by atoms with van der Waals surface area (Å²) in [5, 5.41) is 9.40. The van der Waals surface area contributed by atoms with Crippen LogP contribution in [0.1, 0.15) is 5.76 Å². The third kappa shape index (κ3) is 4.80. The number of sulfone groups is 1. The topological polar surface area (TPSA) is 118 Å². The molecule has 0 spiro atoms. The van der Waals surface area contributed by atoms with Crippen molar-refractivity contribution < 1.29 is 30.4 Å². The fraction of sp³-hybridized carbons (Fsp3) is 0.174. The molecule has 11 heteroatoms. The van der Waals surface area contributed by atoms with Gasteiger partial charge in [-0.2, -0.15) is 9.57 Å². The van der Waals surface area contributed by atoms with E-state index in [0.717, 1.165) is 30.3 Å². The van der Waals surface area contributed by atoms with Crippen LogP contribution < -0.4 is 0 Å². The van der Waals surface area contributed by atoms with E-state index < -0.39 is 30.6 Å². The molecule has 2 aromatic carbocycles. The Bertz CT molecular complexity index is 1460. The maximum atomic E-state index is 13.1. The molecule has 1 aliphatic heterocycles. The first kappa shape index (κ1) is 23.8. The van der Waals surface area contributed by atoms with Crippen LogP contribution in [0.3, 0.4) is 0 Å². The molecule has 8 nitrogen and oxygen atoms in total. The first-order chi connectivity index (χ1) is 16.2. The van der Waals surface area contributed by atoms with E-state index in [1.165, 1.54) is 22.5 Å². The van der Waals surface area contributed by atoms with E-state index in [0.29, 0.717) is 37.6 Å². The Morgan fingerprint density at radius 1 is 0.912 bits per heavy atom. The largest absolute Gasteiger partial charge is 0.457 e. The van der Waals surface area contributed by atoms with Gasteiger partial charge in [0.25, 0.3) is 0 Å². The number of sulfonamides is 1. The number of ether oxygens (including phenoxy) is 1. The minimum atomic E-state index is -4.16. The van der Waals surface area contributed by atoms with Crippen LogP contribution >= 0.6 is 0 Å². The Labute approximate surface area is 196 Å². The van der Waals surface area contributed by atoms with Crippen molar-refractivity contribution in [2.75, 3.05) is 26.3 Å². The van der Waals surface area contributed by atoms with Gasteiger partial charge in [0.2, 0.25) is 19.9 Å². The molecule has 0 N–H and O–H groups in total. The average Bonchev–Trinajstić information content (AvgIpc) is 3.32. The Kier molecular flexibility index (Phi) is 6.67. The maximum absolute atomic E-state index is 13.1. The zero-order valence-corrected chi connectivity index (χ0v) is 19.4. The molecule has 0 saturated carbocycles. The van der Waals surface area contributed by atoms with Gasteiger partial charge in [0, 0.05) is 24.7 Å². The van der Waals surface area contributed by atoms with Crippen molar-refractivity contribution in [1.82, 2.24) is 4.31 Å². The number of rotatable bonds is 6. The number of allylic oxidation sites excluding steroid dienone is 1. The molecule has 2 heterocycles. The van der Waals surface area contributed by atoms with Gasteiger partial charge in [-0.3, -0.25) is 0 Å². The van der Waals surface area contributed by atoms with E-state index in [9.17, 15) is 26.5 Å². The van der Waals surface area contributed by atoms with Crippen LogP contribution in [-0.2, 0) is 24.6 Å². The van der Waals surface area contributed by atoms with Gasteiger partial charge in [0.1, 0.15) is 23.4 Å². The van der Waals surface area contributed by atoms with Crippen LogP contribution in [0.15, 0.2) is 79.8 Å². The Hall–Kier alpha value is -3.30. The van der Waals surface area contributed by atoms with Crippen molar-refractivity contribution in [2.45, 2.75) is 9.79 Å². The predicted octanol–water partition coefficient (Wildman–Crippen LogP) is 3.44. The number of hydrogen-bond acceptors (Lipinski definition) is 7. The van der Waals surface area contributed by atoms with Crippen molar-refractivity contribution >= 4 is 25.9 Å². The fourth-order valence-corrected chi connectivity index (χ4v) is 5.90. The standard InChI is InChI=1S/C23H19FN2O6S2/c24-18-3-8-20(9-4-18)33(27,28)22(16-25)15-19-5-10-23(32-19)17-1-6-21(7-2-17)34(29,30)26-11-13-31-14-12-26/h1-10,15H,11-14H2. The molecule has 1 fully saturated rings. The number of nitrogens with zero attached hydrogens (tertiary/aromatic N) is 2. The highest BCUT2D eigenvalue weighted by molar-refractivity contribution is 7.95. The zero-order valence-electron chi connectivity index (χ0n) is 17.7. The van der Waals surface area contributed by atoms with Crippen LogP contribution in [0.4, 0.5) is 4.39 Å². The molecule has 3 aromatic rings. The van der Waals surface area contributed by atoms with Gasteiger partial charge in [-0.15, -0.1) is 0 Å². The SMILES string of the molecule is N#CC(=Cc1ccc(-c2ccc(S(=O)(=O)N3CCOCC3)cc2)o1)S(=O)(=O)c1ccc(F)cc1. The van der Waals surface area contributed by atoms with Gasteiger partial charge in [0.05, 0.1) is 23.0 Å². The van der Waals surface area contributed by atoms with E-state index in [4.69, 9.17) is 9.15 Å². The molecular formula is C23H19FN2O6S2. The van der Waals surface area contributed by atoms with Gasteiger partial charge >= 0.3 is 0 Å². The Morgan fingerprint density at radius 2 is 1.53 bits per heavy atom. The smallest absolute Gasteiger partial charge is 0.243 e. The molecule has 0 radical (unpaired) electrons. The van der Waals surface area contributed by atoms with E-state index >= 15 is 0 Å². The summed E-state index contributed by atoms with van der Waals surface area (Å²) < 4.78 is 76.3. The van der Waals surface area contributed by atoms with Crippen LogP contribution in [-0.4, -0.2) is 47.4 Å². The maximum Gasteiger partial charge on any atom is 0.243 e. The molecule has 1 saturated heterocycles. The molecule has 34 heavy (non-hydrogen) atoms. The minimum absolute atomic E-state index is 0.113. The third-order valence-corrected chi connectivity index (χ3v) is 8.76. The van der Waals surface area contributed by atoms with Crippen LogP contribution in [0, 0.1) is 17.1 Å². The second-order valence-corrected chi connectivity index (χ2v) is 11.2. The highest BCUT2D eigenvalue weighted by Gasteiger charge is 2.26. The lowest BCUT2D eigenvalue weighted by atomic mass is 10.2. The molecule has 0 amide bonds. The number of furan rings is 1. The minimum Gasteiger partial charge on any atom is -0.457 e. The van der Waals surface area contributed by atoms with E-state index in [1.807, 2.05) is 0 Å². The van der Waals surface area contributed by atoms with E-state index in [2.05, 4.69) is 0 Å². The summed E-state index contributed by atoms with van der Waals surface area (Å²) in [6, 6.07) is 15.0. The Balaban J connectivity index is 1.57. The molecular weight excluding hydrogens is 483 g/mol. The summed E-state index contributed by atoms with van der Waals surface area (Å²) in [7, 11) is -7.79. The second-order valence-electron chi connectivity index (χ2n) is 7.32.